The second-order valence-electron chi connectivity index (χ2n) is 7.26. The summed E-state index contributed by atoms with van der Waals surface area (Å²) < 4.78 is 0. The fraction of sp³-hybridized carbons (Fsp3) is 0.217. The number of hydrogen-bond donors (Lipinski definition) is 1. The molecule has 1 aromatic heterocycles. The van der Waals surface area contributed by atoms with Gasteiger partial charge in [-0.05, 0) is 30.7 Å². The van der Waals surface area contributed by atoms with Crippen LogP contribution in [-0.4, -0.2) is 52.3 Å². The summed E-state index contributed by atoms with van der Waals surface area (Å²) >= 11 is 1.18. The van der Waals surface area contributed by atoms with Crippen LogP contribution >= 0.6 is 11.3 Å². The van der Waals surface area contributed by atoms with Gasteiger partial charge < -0.3 is 14.9 Å². The molecule has 1 aliphatic rings. The van der Waals surface area contributed by atoms with E-state index >= 15 is 0 Å². The standard InChI is InChI=1S/C23H21N3O4S/c27-15-20-19(13-21(28)29)24-23(31-20)26(17-9-5-2-6-10-17)18-11-12-25(14-18)22(30)16-7-3-1-4-8-16/h1-10,15,18H,11-14H2,(H,28,29). The number of aldehydes is 1. The average Bonchev–Trinajstić information content (AvgIpc) is 3.42. The number of amides is 1. The summed E-state index contributed by atoms with van der Waals surface area (Å²) in [6.45, 7) is 1.11. The van der Waals surface area contributed by atoms with Gasteiger partial charge in [0, 0.05) is 24.3 Å². The first-order chi connectivity index (χ1) is 15.1. The van der Waals surface area contributed by atoms with Gasteiger partial charge in [0.2, 0.25) is 0 Å². The molecule has 0 aliphatic carbocycles. The summed E-state index contributed by atoms with van der Waals surface area (Å²) in [4.78, 5) is 44.2. The van der Waals surface area contributed by atoms with Crippen LogP contribution < -0.4 is 4.90 Å². The van der Waals surface area contributed by atoms with Gasteiger partial charge in [-0.3, -0.25) is 14.4 Å². The summed E-state index contributed by atoms with van der Waals surface area (Å²) in [5, 5.41) is 9.72. The molecule has 1 fully saturated rings. The lowest BCUT2D eigenvalue weighted by atomic mass is 10.2. The third-order valence-corrected chi connectivity index (χ3v) is 6.24. The smallest absolute Gasteiger partial charge is 0.309 e. The summed E-state index contributed by atoms with van der Waals surface area (Å²) in [6.07, 6.45) is 1.08. The van der Waals surface area contributed by atoms with Gasteiger partial charge in [-0.15, -0.1) is 0 Å². The zero-order chi connectivity index (χ0) is 21.8. The van der Waals surface area contributed by atoms with Gasteiger partial charge >= 0.3 is 5.97 Å². The van der Waals surface area contributed by atoms with E-state index in [1.165, 1.54) is 11.3 Å². The van der Waals surface area contributed by atoms with Crippen molar-refractivity contribution in [1.29, 1.82) is 0 Å². The zero-order valence-electron chi connectivity index (χ0n) is 16.7. The Bertz CT molecular complexity index is 1080. The van der Waals surface area contributed by atoms with Gasteiger partial charge in [-0.1, -0.05) is 47.7 Å². The third-order valence-electron chi connectivity index (χ3n) is 5.22. The Hall–Kier alpha value is -3.52. The lowest BCUT2D eigenvalue weighted by Crippen LogP contribution is -2.36. The molecular weight excluding hydrogens is 414 g/mol. The normalized spacial score (nSPS) is 15.6. The van der Waals surface area contributed by atoms with Crippen LogP contribution in [0.2, 0.25) is 0 Å². The van der Waals surface area contributed by atoms with Crippen LogP contribution in [0.1, 0.15) is 32.1 Å². The van der Waals surface area contributed by atoms with Crippen molar-refractivity contribution in [1.82, 2.24) is 9.88 Å². The third kappa shape index (κ3) is 4.49. The van der Waals surface area contributed by atoms with Crippen molar-refractivity contribution in [2.45, 2.75) is 18.9 Å². The summed E-state index contributed by atoms with van der Waals surface area (Å²) in [5.41, 5.74) is 1.80. The Morgan fingerprint density at radius 3 is 2.45 bits per heavy atom. The molecule has 1 saturated heterocycles. The van der Waals surface area contributed by atoms with E-state index in [0.717, 1.165) is 12.1 Å². The molecule has 0 bridgehead atoms. The number of hydrogen-bond acceptors (Lipinski definition) is 6. The first-order valence-corrected chi connectivity index (χ1v) is 10.7. The first kappa shape index (κ1) is 20.7. The molecule has 0 saturated carbocycles. The molecule has 0 spiro atoms. The van der Waals surface area contributed by atoms with Gasteiger partial charge in [-0.25, -0.2) is 4.98 Å². The number of benzene rings is 2. The molecule has 0 radical (unpaired) electrons. The Morgan fingerprint density at radius 1 is 1.13 bits per heavy atom. The Balaban J connectivity index is 1.64. The number of carbonyl (C=O) groups excluding carboxylic acids is 2. The molecule has 3 aromatic rings. The molecule has 7 nitrogen and oxygen atoms in total. The minimum atomic E-state index is -1.04. The molecule has 2 aromatic carbocycles. The highest BCUT2D eigenvalue weighted by Gasteiger charge is 2.33. The second-order valence-corrected chi connectivity index (χ2v) is 8.27. The molecule has 1 atom stereocenters. The van der Waals surface area contributed by atoms with E-state index in [9.17, 15) is 14.4 Å². The first-order valence-electron chi connectivity index (χ1n) is 9.92. The molecule has 8 heteroatoms. The lowest BCUT2D eigenvalue weighted by Gasteiger charge is -2.29. The Morgan fingerprint density at radius 2 is 1.81 bits per heavy atom. The number of thiazole rings is 1. The topological polar surface area (TPSA) is 90.8 Å². The number of anilines is 2. The molecule has 158 valence electrons. The van der Waals surface area contributed by atoms with E-state index in [2.05, 4.69) is 4.98 Å². The van der Waals surface area contributed by atoms with Gasteiger partial charge in [0.05, 0.1) is 23.0 Å². The van der Waals surface area contributed by atoms with Crippen LogP contribution in [0.4, 0.5) is 10.8 Å². The maximum Gasteiger partial charge on any atom is 0.309 e. The average molecular weight is 436 g/mol. The SMILES string of the molecule is O=Cc1sc(N(c2ccccc2)C2CCN(C(=O)c3ccccc3)C2)nc1CC(=O)O. The van der Waals surface area contributed by atoms with Crippen molar-refractivity contribution in [3.63, 3.8) is 0 Å². The van der Waals surface area contributed by atoms with Crippen LogP contribution in [-0.2, 0) is 11.2 Å². The molecular formula is C23H21N3O4S. The summed E-state index contributed by atoms with van der Waals surface area (Å²) in [6, 6.07) is 18.8. The number of likely N-dealkylation sites (tertiary alicyclic amines) is 1. The fourth-order valence-corrected chi connectivity index (χ4v) is 4.77. The number of aromatic nitrogens is 1. The van der Waals surface area contributed by atoms with E-state index in [1.54, 1.807) is 12.1 Å². The minimum Gasteiger partial charge on any atom is -0.481 e. The van der Waals surface area contributed by atoms with Crippen molar-refractivity contribution in [2.75, 3.05) is 18.0 Å². The largest absolute Gasteiger partial charge is 0.481 e. The monoisotopic (exact) mass is 435 g/mol. The van der Waals surface area contributed by atoms with Crippen molar-refractivity contribution in [3.8, 4) is 0 Å². The number of carbonyl (C=O) groups is 3. The molecule has 1 amide bonds. The molecule has 1 N–H and O–H groups in total. The number of rotatable bonds is 7. The number of para-hydroxylation sites is 1. The van der Waals surface area contributed by atoms with Crippen LogP contribution in [0.3, 0.4) is 0 Å². The molecule has 2 heterocycles. The van der Waals surface area contributed by atoms with E-state index in [0.29, 0.717) is 34.9 Å². The van der Waals surface area contributed by atoms with Crippen molar-refractivity contribution in [2.24, 2.45) is 0 Å². The lowest BCUT2D eigenvalue weighted by molar-refractivity contribution is -0.136. The van der Waals surface area contributed by atoms with Gasteiger partial charge in [0.1, 0.15) is 0 Å². The van der Waals surface area contributed by atoms with E-state index in [-0.39, 0.29) is 24.1 Å². The maximum atomic E-state index is 12.9. The van der Waals surface area contributed by atoms with E-state index < -0.39 is 5.97 Å². The highest BCUT2D eigenvalue weighted by molar-refractivity contribution is 7.17. The Kier molecular flexibility index (Phi) is 6.08. The molecule has 1 unspecified atom stereocenters. The second kappa shape index (κ2) is 9.09. The maximum absolute atomic E-state index is 12.9. The highest BCUT2D eigenvalue weighted by atomic mass is 32.1. The Labute approximate surface area is 183 Å². The van der Waals surface area contributed by atoms with Crippen LogP contribution in [0.15, 0.2) is 60.7 Å². The van der Waals surface area contributed by atoms with Crippen LogP contribution in [0.25, 0.3) is 0 Å². The van der Waals surface area contributed by atoms with Crippen molar-refractivity contribution < 1.29 is 19.5 Å². The summed E-state index contributed by atoms with van der Waals surface area (Å²) in [5.74, 6) is -1.05. The molecule has 1 aliphatic heterocycles. The van der Waals surface area contributed by atoms with Gasteiger partial charge in [0.25, 0.3) is 5.91 Å². The van der Waals surface area contributed by atoms with E-state index in [4.69, 9.17) is 5.11 Å². The summed E-state index contributed by atoms with van der Waals surface area (Å²) in [7, 11) is 0. The quantitative estimate of drug-likeness (QED) is 0.570. The van der Waals surface area contributed by atoms with E-state index in [1.807, 2.05) is 58.3 Å². The van der Waals surface area contributed by atoms with Crippen LogP contribution in [0, 0.1) is 0 Å². The number of carboxylic acid groups (broad SMARTS) is 1. The van der Waals surface area contributed by atoms with Crippen molar-refractivity contribution in [3.05, 3.63) is 76.8 Å². The predicted molar refractivity (Wildman–Crippen MR) is 118 cm³/mol. The van der Waals surface area contributed by atoms with Gasteiger partial charge in [0.15, 0.2) is 11.4 Å². The van der Waals surface area contributed by atoms with Gasteiger partial charge in [-0.2, -0.15) is 0 Å². The molecule has 31 heavy (non-hydrogen) atoms. The number of carboxylic acids is 1. The highest BCUT2D eigenvalue weighted by Crippen LogP contribution is 2.36. The van der Waals surface area contributed by atoms with Crippen LogP contribution in [0.5, 0.6) is 0 Å². The van der Waals surface area contributed by atoms with Crippen molar-refractivity contribution >= 4 is 40.3 Å². The number of aliphatic carboxylic acids is 1. The molecule has 4 rings (SSSR count). The predicted octanol–water partition coefficient (Wildman–Crippen LogP) is 3.64. The number of nitrogens with zero attached hydrogens (tertiary/aromatic N) is 3. The minimum absolute atomic E-state index is 0.0182. The fourth-order valence-electron chi connectivity index (χ4n) is 3.78. The zero-order valence-corrected chi connectivity index (χ0v) is 17.5.